The van der Waals surface area contributed by atoms with Crippen molar-refractivity contribution in [3.8, 4) is 0 Å². The molecule has 0 fully saturated rings. The first-order valence-electron chi connectivity index (χ1n) is 7.50. The molecular weight excluding hydrogens is 382 g/mol. The summed E-state index contributed by atoms with van der Waals surface area (Å²) in [5, 5.41) is 8.53. The van der Waals surface area contributed by atoms with Gasteiger partial charge in [-0.05, 0) is 46.7 Å². The number of rotatable bonds is 3. The molecule has 0 saturated heterocycles. The molecule has 0 atom stereocenters. The topological polar surface area (TPSA) is 70.6 Å². The number of carbonyl (C=O) groups is 2. The Kier molecular flexibility index (Phi) is 5.20. The van der Waals surface area contributed by atoms with Crippen LogP contribution in [0.25, 0.3) is 10.8 Å². The molecule has 2 N–H and O–H groups in total. The van der Waals surface area contributed by atoms with E-state index in [0.29, 0.717) is 5.69 Å². The summed E-state index contributed by atoms with van der Waals surface area (Å²) in [5.74, 6) is -1.61. The van der Waals surface area contributed by atoms with Crippen LogP contribution in [0.3, 0.4) is 0 Å². The molecule has 0 spiro atoms. The molecule has 3 aromatic rings. The van der Waals surface area contributed by atoms with Gasteiger partial charge < -0.3 is 5.32 Å². The maximum absolute atomic E-state index is 11.8. The Bertz CT molecular complexity index is 952. The number of hydrazone groups is 1. The van der Waals surface area contributed by atoms with Crippen LogP contribution in [-0.2, 0) is 9.59 Å². The quantitative estimate of drug-likeness (QED) is 0.403. The van der Waals surface area contributed by atoms with Crippen LogP contribution < -0.4 is 10.7 Å². The summed E-state index contributed by atoms with van der Waals surface area (Å²) in [6.07, 6.45) is 1.50. The molecule has 0 aromatic heterocycles. The summed E-state index contributed by atoms with van der Waals surface area (Å²) >= 11 is 3.30. The van der Waals surface area contributed by atoms with Gasteiger partial charge in [0.05, 0.1) is 6.21 Å². The van der Waals surface area contributed by atoms with E-state index in [1.54, 1.807) is 24.3 Å². The molecule has 0 radical (unpaired) electrons. The van der Waals surface area contributed by atoms with E-state index in [9.17, 15) is 9.59 Å². The van der Waals surface area contributed by atoms with Crippen molar-refractivity contribution in [1.82, 2.24) is 5.43 Å². The summed E-state index contributed by atoms with van der Waals surface area (Å²) < 4.78 is 0.884. The van der Waals surface area contributed by atoms with E-state index in [2.05, 4.69) is 31.8 Å². The van der Waals surface area contributed by atoms with Crippen LogP contribution in [0.2, 0.25) is 0 Å². The lowest BCUT2D eigenvalue weighted by atomic mass is 10.1. The summed E-state index contributed by atoms with van der Waals surface area (Å²) in [5.41, 5.74) is 3.58. The fourth-order valence-electron chi connectivity index (χ4n) is 2.23. The highest BCUT2D eigenvalue weighted by atomic mass is 79.9. The molecule has 124 valence electrons. The molecule has 0 saturated carbocycles. The van der Waals surface area contributed by atoms with Crippen molar-refractivity contribution in [2.24, 2.45) is 5.10 Å². The summed E-state index contributed by atoms with van der Waals surface area (Å²) in [6, 6.07) is 20.7. The van der Waals surface area contributed by atoms with Crippen LogP contribution in [0.5, 0.6) is 0 Å². The zero-order chi connectivity index (χ0) is 17.6. The second-order valence-electron chi connectivity index (χ2n) is 5.27. The Balaban J connectivity index is 1.59. The van der Waals surface area contributed by atoms with Gasteiger partial charge in [-0.1, -0.05) is 52.3 Å². The third-order valence-corrected chi connectivity index (χ3v) is 3.99. The third-order valence-electron chi connectivity index (χ3n) is 3.46. The van der Waals surface area contributed by atoms with E-state index in [-0.39, 0.29) is 0 Å². The lowest BCUT2D eigenvalue weighted by Gasteiger charge is -2.04. The highest BCUT2D eigenvalue weighted by Crippen LogP contribution is 2.15. The van der Waals surface area contributed by atoms with E-state index in [0.717, 1.165) is 20.8 Å². The van der Waals surface area contributed by atoms with E-state index in [1.165, 1.54) is 6.21 Å². The lowest BCUT2D eigenvalue weighted by Crippen LogP contribution is -2.32. The van der Waals surface area contributed by atoms with Crippen molar-refractivity contribution >= 4 is 50.4 Å². The largest absolute Gasteiger partial charge is 0.329 e. The molecule has 0 aliphatic heterocycles. The average molecular weight is 396 g/mol. The number of nitrogens with zero attached hydrogens (tertiary/aromatic N) is 1. The number of anilines is 1. The van der Waals surface area contributed by atoms with Gasteiger partial charge in [0.15, 0.2) is 0 Å². The van der Waals surface area contributed by atoms with Gasteiger partial charge in [0.1, 0.15) is 0 Å². The Labute approximate surface area is 152 Å². The van der Waals surface area contributed by atoms with Crippen LogP contribution in [0.4, 0.5) is 5.69 Å². The molecule has 0 heterocycles. The zero-order valence-corrected chi connectivity index (χ0v) is 14.7. The van der Waals surface area contributed by atoms with E-state index in [1.807, 2.05) is 42.5 Å². The predicted molar refractivity (Wildman–Crippen MR) is 102 cm³/mol. The van der Waals surface area contributed by atoms with E-state index < -0.39 is 11.8 Å². The van der Waals surface area contributed by atoms with Gasteiger partial charge in [-0.25, -0.2) is 5.43 Å². The monoisotopic (exact) mass is 395 g/mol. The van der Waals surface area contributed by atoms with Crippen LogP contribution in [0, 0.1) is 0 Å². The number of hydrogen-bond acceptors (Lipinski definition) is 3. The molecule has 3 rings (SSSR count). The molecule has 0 aliphatic carbocycles. The van der Waals surface area contributed by atoms with Crippen LogP contribution >= 0.6 is 15.9 Å². The molecule has 3 aromatic carbocycles. The summed E-state index contributed by atoms with van der Waals surface area (Å²) in [4.78, 5) is 23.6. The first kappa shape index (κ1) is 16.9. The third kappa shape index (κ3) is 4.51. The van der Waals surface area contributed by atoms with Crippen molar-refractivity contribution in [1.29, 1.82) is 0 Å². The molecule has 25 heavy (non-hydrogen) atoms. The molecule has 2 amide bonds. The summed E-state index contributed by atoms with van der Waals surface area (Å²) in [7, 11) is 0. The maximum Gasteiger partial charge on any atom is 0.329 e. The average Bonchev–Trinajstić information content (AvgIpc) is 2.63. The highest BCUT2D eigenvalue weighted by Gasteiger charge is 2.12. The van der Waals surface area contributed by atoms with E-state index in [4.69, 9.17) is 0 Å². The molecule has 0 aliphatic rings. The van der Waals surface area contributed by atoms with Crippen molar-refractivity contribution in [3.05, 3.63) is 76.8 Å². The number of carbonyl (C=O) groups excluding carboxylic acids is 2. The minimum absolute atomic E-state index is 0.529. The fraction of sp³-hybridized carbons (Fsp3) is 0. The number of fused-ring (bicyclic) bond motifs is 1. The lowest BCUT2D eigenvalue weighted by molar-refractivity contribution is -0.136. The van der Waals surface area contributed by atoms with Crippen molar-refractivity contribution in [2.75, 3.05) is 5.32 Å². The Hall–Kier alpha value is -2.99. The minimum Gasteiger partial charge on any atom is -0.318 e. The summed E-state index contributed by atoms with van der Waals surface area (Å²) in [6.45, 7) is 0. The Morgan fingerprint density at radius 3 is 2.36 bits per heavy atom. The number of benzene rings is 3. The van der Waals surface area contributed by atoms with Gasteiger partial charge in [0.2, 0.25) is 0 Å². The minimum atomic E-state index is -0.833. The molecule has 0 unspecified atom stereocenters. The van der Waals surface area contributed by atoms with Gasteiger partial charge in [0, 0.05) is 10.2 Å². The van der Waals surface area contributed by atoms with Crippen molar-refractivity contribution in [3.63, 3.8) is 0 Å². The van der Waals surface area contributed by atoms with Crippen molar-refractivity contribution in [2.45, 2.75) is 0 Å². The number of halogens is 1. The second-order valence-corrected chi connectivity index (χ2v) is 6.18. The smallest absolute Gasteiger partial charge is 0.318 e. The van der Waals surface area contributed by atoms with Gasteiger partial charge in [0.25, 0.3) is 0 Å². The van der Waals surface area contributed by atoms with Gasteiger partial charge in [-0.2, -0.15) is 5.10 Å². The molecule has 5 nitrogen and oxygen atoms in total. The fourth-order valence-corrected chi connectivity index (χ4v) is 2.49. The molecule has 6 heteroatoms. The number of nitrogens with one attached hydrogen (secondary N) is 2. The SMILES string of the molecule is O=C(N/N=C/c1ccc2ccccc2c1)C(=O)Nc1ccc(Br)cc1. The normalized spacial score (nSPS) is 10.8. The second kappa shape index (κ2) is 7.72. The molecule has 0 bridgehead atoms. The van der Waals surface area contributed by atoms with Gasteiger partial charge >= 0.3 is 11.8 Å². The van der Waals surface area contributed by atoms with Crippen molar-refractivity contribution < 1.29 is 9.59 Å². The van der Waals surface area contributed by atoms with Crippen LogP contribution in [0.15, 0.2) is 76.3 Å². The first-order valence-corrected chi connectivity index (χ1v) is 8.30. The first-order chi connectivity index (χ1) is 12.1. The van der Waals surface area contributed by atoms with E-state index >= 15 is 0 Å². The van der Waals surface area contributed by atoms with Crippen LogP contribution in [-0.4, -0.2) is 18.0 Å². The van der Waals surface area contributed by atoms with Gasteiger partial charge in [-0.3, -0.25) is 9.59 Å². The molecular formula is C19H14BrN3O2. The Morgan fingerprint density at radius 2 is 1.60 bits per heavy atom. The van der Waals surface area contributed by atoms with Gasteiger partial charge in [-0.15, -0.1) is 0 Å². The Morgan fingerprint density at radius 1 is 0.880 bits per heavy atom. The maximum atomic E-state index is 11.8. The zero-order valence-electron chi connectivity index (χ0n) is 13.1. The standard InChI is InChI=1S/C19H14BrN3O2/c20-16-7-9-17(10-8-16)22-18(24)19(25)23-21-12-13-5-6-14-3-1-2-4-15(14)11-13/h1-12H,(H,22,24)(H,23,25)/b21-12+. The van der Waals surface area contributed by atoms with Crippen LogP contribution in [0.1, 0.15) is 5.56 Å². The number of amides is 2. The predicted octanol–water partition coefficient (Wildman–Crippen LogP) is 3.69. The number of hydrogen-bond donors (Lipinski definition) is 2. The highest BCUT2D eigenvalue weighted by molar-refractivity contribution is 9.10.